The van der Waals surface area contributed by atoms with Gasteiger partial charge in [0, 0.05) is 47.0 Å². The van der Waals surface area contributed by atoms with Crippen molar-refractivity contribution in [3.63, 3.8) is 0 Å². The van der Waals surface area contributed by atoms with Gasteiger partial charge in [-0.05, 0) is 121 Å². The Kier molecular flexibility index (Phi) is 10.2. The Hall–Kier alpha value is -4.35. The van der Waals surface area contributed by atoms with E-state index in [0.29, 0.717) is 25.9 Å². The van der Waals surface area contributed by atoms with Crippen LogP contribution in [0.25, 0.3) is 21.5 Å². The average Bonchev–Trinajstić information content (AvgIpc) is 3.53. The van der Waals surface area contributed by atoms with E-state index in [1.807, 2.05) is 0 Å². The smallest absolute Gasteiger partial charge is 0.265 e. The van der Waals surface area contributed by atoms with Crippen molar-refractivity contribution in [2.75, 3.05) is 29.5 Å². The monoisotopic (exact) mass is 805 g/mol. The van der Waals surface area contributed by atoms with Gasteiger partial charge in [0.2, 0.25) is 5.69 Å². The van der Waals surface area contributed by atoms with E-state index in [1.54, 1.807) is 0 Å². The maximum atomic E-state index is 11.8. The fraction of sp³-hybridized carbons (Fsp3) is 0.383. The molecular formula is C47H53N2O6S2+. The van der Waals surface area contributed by atoms with Crippen LogP contribution in [0.2, 0.25) is 0 Å². The maximum absolute atomic E-state index is 11.8. The molecule has 0 atom stereocenters. The summed E-state index contributed by atoms with van der Waals surface area (Å²) in [7, 11) is -8.18. The van der Waals surface area contributed by atoms with E-state index in [9.17, 15) is 25.9 Å². The van der Waals surface area contributed by atoms with Crippen LogP contribution >= 0.6 is 0 Å². The summed E-state index contributed by atoms with van der Waals surface area (Å²) in [5.74, 6) is -0.571. The predicted molar refractivity (Wildman–Crippen MR) is 232 cm³/mol. The maximum Gasteiger partial charge on any atom is 0.265 e. The van der Waals surface area contributed by atoms with Gasteiger partial charge in [-0.1, -0.05) is 80.6 Å². The summed E-state index contributed by atoms with van der Waals surface area (Å²) in [6.45, 7) is 10.1. The Morgan fingerprint density at radius 3 is 2.04 bits per heavy atom. The van der Waals surface area contributed by atoms with Gasteiger partial charge in [0.15, 0.2) is 5.71 Å². The number of hydrogen-bond donors (Lipinski definition) is 2. The van der Waals surface area contributed by atoms with Gasteiger partial charge in [0.1, 0.15) is 6.54 Å². The summed E-state index contributed by atoms with van der Waals surface area (Å²) in [5, 5.41) is 4.75. The van der Waals surface area contributed by atoms with Crippen LogP contribution < -0.4 is 4.90 Å². The zero-order valence-corrected chi connectivity index (χ0v) is 35.0. The summed E-state index contributed by atoms with van der Waals surface area (Å²) >= 11 is 0. The predicted octanol–water partition coefficient (Wildman–Crippen LogP) is 10.1. The molecule has 0 radical (unpaired) electrons. The molecule has 8 nitrogen and oxygen atoms in total. The fourth-order valence-electron chi connectivity index (χ4n) is 10.4. The Balaban J connectivity index is 1.20. The largest absolute Gasteiger partial charge is 0.344 e. The first-order chi connectivity index (χ1) is 27.0. The van der Waals surface area contributed by atoms with Crippen molar-refractivity contribution >= 4 is 58.9 Å². The van der Waals surface area contributed by atoms with Gasteiger partial charge in [0.05, 0.1) is 16.9 Å². The van der Waals surface area contributed by atoms with Gasteiger partial charge in [-0.3, -0.25) is 9.11 Å². The van der Waals surface area contributed by atoms with Crippen molar-refractivity contribution in [2.45, 2.75) is 89.9 Å². The van der Waals surface area contributed by atoms with Crippen LogP contribution in [-0.4, -0.2) is 60.8 Å². The molecule has 0 unspecified atom stereocenters. The zero-order valence-electron chi connectivity index (χ0n) is 33.4. The Bertz CT molecular complexity index is 2700. The molecule has 10 heteroatoms. The third-order valence-electron chi connectivity index (χ3n) is 12.5. The lowest BCUT2D eigenvalue weighted by Gasteiger charge is -2.31. The van der Waals surface area contributed by atoms with Gasteiger partial charge in [-0.15, -0.1) is 0 Å². The molecule has 0 saturated carbocycles. The van der Waals surface area contributed by atoms with Crippen LogP contribution in [0.1, 0.15) is 90.2 Å². The Morgan fingerprint density at radius 1 is 0.702 bits per heavy atom. The molecule has 0 fully saturated rings. The third-order valence-corrected chi connectivity index (χ3v) is 14.1. The molecule has 2 N–H and O–H groups in total. The minimum absolute atomic E-state index is 0.285. The Labute approximate surface area is 337 Å². The first-order valence-electron chi connectivity index (χ1n) is 20.3. The minimum Gasteiger partial charge on any atom is -0.344 e. The molecule has 8 rings (SSSR count). The molecule has 4 aromatic carbocycles. The second kappa shape index (κ2) is 14.8. The van der Waals surface area contributed by atoms with Gasteiger partial charge < -0.3 is 4.90 Å². The van der Waals surface area contributed by atoms with Crippen LogP contribution in [0.15, 0.2) is 119 Å². The Morgan fingerprint density at radius 2 is 1.33 bits per heavy atom. The molecule has 57 heavy (non-hydrogen) atoms. The van der Waals surface area contributed by atoms with Gasteiger partial charge in [-0.2, -0.15) is 21.4 Å². The van der Waals surface area contributed by atoms with Gasteiger partial charge in [0.25, 0.3) is 20.2 Å². The fourth-order valence-corrected chi connectivity index (χ4v) is 11.4. The number of rotatable bonds is 10. The zero-order chi connectivity index (χ0) is 40.3. The summed E-state index contributed by atoms with van der Waals surface area (Å²) in [6, 6.07) is 25.5. The third kappa shape index (κ3) is 7.57. The van der Waals surface area contributed by atoms with E-state index in [2.05, 4.69) is 128 Å². The van der Waals surface area contributed by atoms with E-state index >= 15 is 0 Å². The van der Waals surface area contributed by atoms with Crippen molar-refractivity contribution in [1.82, 2.24) is 0 Å². The number of allylic oxidation sites excluding steroid dienone is 8. The van der Waals surface area contributed by atoms with Crippen molar-refractivity contribution in [3.8, 4) is 0 Å². The van der Waals surface area contributed by atoms with Crippen LogP contribution in [0.3, 0.4) is 0 Å². The lowest BCUT2D eigenvalue weighted by molar-refractivity contribution is -0.437. The van der Waals surface area contributed by atoms with Gasteiger partial charge in [-0.25, -0.2) is 0 Å². The quantitative estimate of drug-likeness (QED) is 0.121. The second-order valence-electron chi connectivity index (χ2n) is 17.2. The summed E-state index contributed by atoms with van der Waals surface area (Å²) in [4.78, 5) is 2.31. The van der Waals surface area contributed by atoms with E-state index < -0.39 is 20.2 Å². The molecule has 0 spiro atoms. The van der Waals surface area contributed by atoms with E-state index in [4.69, 9.17) is 0 Å². The minimum atomic E-state index is -4.09. The SMILES string of the molecule is CC1(C)C(C2=C/C(=C/C3=CC(=C4/N(CCCS(=O)(=O)O)c5ccc6ccccc6c5C4(C)C)/CCC3)CCC2)=[N+](CCCS(=O)(=O)O)c2ccc3ccccc3c21. The molecular weight excluding hydrogens is 753 g/mol. The number of anilines is 1. The highest BCUT2D eigenvalue weighted by Crippen LogP contribution is 2.53. The van der Waals surface area contributed by atoms with Crippen molar-refractivity contribution in [1.29, 1.82) is 0 Å². The molecule has 2 heterocycles. The molecule has 4 aliphatic rings. The van der Waals surface area contributed by atoms with Crippen LogP contribution in [0, 0.1) is 0 Å². The highest BCUT2D eigenvalue weighted by Gasteiger charge is 2.48. The number of nitrogens with zero attached hydrogens (tertiary/aromatic N) is 2. The van der Waals surface area contributed by atoms with E-state index in [0.717, 1.165) is 49.9 Å². The van der Waals surface area contributed by atoms with Crippen molar-refractivity contribution < 1.29 is 30.5 Å². The van der Waals surface area contributed by atoms with Crippen molar-refractivity contribution in [3.05, 3.63) is 130 Å². The molecule has 0 aromatic heterocycles. The van der Waals surface area contributed by atoms with Crippen LogP contribution in [0.4, 0.5) is 11.4 Å². The molecule has 298 valence electrons. The first-order valence-corrected chi connectivity index (χ1v) is 23.5. The molecule has 0 saturated heterocycles. The normalized spacial score (nSPS) is 21.3. The first kappa shape index (κ1) is 39.5. The van der Waals surface area contributed by atoms with E-state index in [1.165, 1.54) is 66.4 Å². The highest BCUT2D eigenvalue weighted by atomic mass is 32.2. The number of fused-ring (bicyclic) bond motifs is 6. The molecule has 2 aliphatic heterocycles. The summed E-state index contributed by atoms with van der Waals surface area (Å²) < 4.78 is 68.7. The lowest BCUT2D eigenvalue weighted by atomic mass is 9.74. The summed E-state index contributed by atoms with van der Waals surface area (Å²) in [5.41, 5.74) is 11.5. The molecule has 4 aromatic rings. The van der Waals surface area contributed by atoms with Gasteiger partial charge >= 0.3 is 0 Å². The highest BCUT2D eigenvalue weighted by molar-refractivity contribution is 7.86. The van der Waals surface area contributed by atoms with Crippen LogP contribution in [-0.2, 0) is 31.1 Å². The molecule has 0 amide bonds. The standard InChI is InChI=1S/C47H52N2O6S2/c1-46(2)42-38-19-7-5-15-34(38)21-23-40(42)48(25-11-27-56(50,51)52)44(46)36-17-9-13-32(30-36)29-33-14-10-18-37(31-33)45-47(3,4)43-39-20-8-6-16-35(39)22-24-41(43)49(45)26-12-28-57(53,54)55/h5-8,15-16,19-24,29-31H,9-14,17-18,25-28H2,1-4H3,(H-,50,51,52,53,54,55)/p+1. The van der Waals surface area contributed by atoms with Crippen molar-refractivity contribution in [2.24, 2.45) is 0 Å². The average molecular weight is 806 g/mol. The number of hydrogen-bond acceptors (Lipinski definition) is 5. The topological polar surface area (TPSA) is 115 Å². The van der Waals surface area contributed by atoms with E-state index in [-0.39, 0.29) is 22.3 Å². The molecule has 2 aliphatic carbocycles. The lowest BCUT2D eigenvalue weighted by Crippen LogP contribution is -2.32. The second-order valence-corrected chi connectivity index (χ2v) is 20.4. The molecule has 0 bridgehead atoms. The number of benzene rings is 4. The van der Waals surface area contributed by atoms with Crippen LogP contribution in [0.5, 0.6) is 0 Å². The summed E-state index contributed by atoms with van der Waals surface area (Å²) in [6.07, 6.45) is 13.5.